The molecule has 0 fully saturated rings. The monoisotopic (exact) mass is 148 g/mol. The van der Waals surface area contributed by atoms with Gasteiger partial charge >= 0.3 is 5.97 Å². The molecule has 0 aromatic rings. The summed E-state index contributed by atoms with van der Waals surface area (Å²) < 4.78 is 4.32. The fourth-order valence-electron chi connectivity index (χ4n) is 0.266. The predicted octanol–water partition coefficient (Wildman–Crippen LogP) is 0.787. The molecule has 0 amide bonds. The van der Waals surface area contributed by atoms with Gasteiger partial charge in [-0.05, 0) is 0 Å². The van der Waals surface area contributed by atoms with E-state index >= 15 is 0 Å². The Kier molecular flexibility index (Phi) is 4.13. The van der Waals surface area contributed by atoms with Crippen molar-refractivity contribution in [2.24, 2.45) is 0 Å². The molecule has 4 heteroatoms. The Balaban J connectivity index is 3.60. The molecule has 0 atom stereocenters. The Hall–Kier alpha value is -0.510. The van der Waals surface area contributed by atoms with Crippen LogP contribution in [0.15, 0.2) is 0 Å². The van der Waals surface area contributed by atoms with Crippen molar-refractivity contribution in [3.63, 3.8) is 0 Å². The Morgan fingerprint density at radius 1 is 1.56 bits per heavy atom. The van der Waals surface area contributed by atoms with E-state index in [-0.39, 0.29) is 6.42 Å². The van der Waals surface area contributed by atoms with E-state index in [4.69, 9.17) is 0 Å². The molecule has 0 aliphatic heterocycles. The van der Waals surface area contributed by atoms with Gasteiger partial charge in [0.15, 0.2) is 0 Å². The molecule has 3 nitrogen and oxygen atoms in total. The molecule has 0 heterocycles. The molecule has 52 valence electrons. The Labute approximate surface area is 58.0 Å². The molecule has 0 unspecified atom stereocenters. The summed E-state index contributed by atoms with van der Waals surface area (Å²) >= 11 is 0.883. The summed E-state index contributed by atoms with van der Waals surface area (Å²) in [7, 11) is 0. The van der Waals surface area contributed by atoms with Crippen LogP contribution < -0.4 is 0 Å². The summed E-state index contributed by atoms with van der Waals surface area (Å²) in [5.41, 5.74) is 0. The molecule has 0 spiro atoms. The second kappa shape index (κ2) is 4.38. The number of ketones is 1. The zero-order valence-corrected chi connectivity index (χ0v) is 6.16. The first-order valence-electron chi connectivity index (χ1n) is 2.50. The van der Waals surface area contributed by atoms with Gasteiger partial charge in [0.2, 0.25) is 5.78 Å². The van der Waals surface area contributed by atoms with Crippen molar-refractivity contribution in [2.45, 2.75) is 13.3 Å². The minimum Gasteiger partial charge on any atom is -0.386 e. The molecule has 0 aromatic heterocycles. The molecular formula is C5H8O3S. The van der Waals surface area contributed by atoms with Crippen molar-refractivity contribution in [1.82, 2.24) is 0 Å². The van der Waals surface area contributed by atoms with Gasteiger partial charge in [-0.3, -0.25) is 4.79 Å². The normalized spacial score (nSPS) is 8.67. The highest BCUT2D eigenvalue weighted by atomic mass is 32.2. The van der Waals surface area contributed by atoms with Crippen LogP contribution in [0.2, 0.25) is 0 Å². The molecule has 0 saturated heterocycles. The summed E-state index contributed by atoms with van der Waals surface area (Å²) in [5, 5.41) is 0. The van der Waals surface area contributed by atoms with Crippen LogP contribution in [0.4, 0.5) is 0 Å². The minimum absolute atomic E-state index is 0.208. The third-order valence-corrected chi connectivity index (χ3v) is 1.03. The third kappa shape index (κ3) is 3.13. The van der Waals surface area contributed by atoms with Crippen molar-refractivity contribution in [3.05, 3.63) is 0 Å². The van der Waals surface area contributed by atoms with Crippen molar-refractivity contribution in [2.75, 3.05) is 6.26 Å². The third-order valence-electron chi connectivity index (χ3n) is 0.708. The fraction of sp³-hybridized carbons (Fsp3) is 0.600. The second-order valence-electron chi connectivity index (χ2n) is 1.31. The van der Waals surface area contributed by atoms with Crippen LogP contribution in [-0.4, -0.2) is 18.0 Å². The Bertz CT molecular complexity index is 121. The van der Waals surface area contributed by atoms with E-state index in [1.54, 1.807) is 13.2 Å². The molecular weight excluding hydrogens is 140 g/mol. The summed E-state index contributed by atoms with van der Waals surface area (Å²) in [6.45, 7) is 1.62. The smallest absolute Gasteiger partial charge is 0.386 e. The van der Waals surface area contributed by atoms with E-state index in [2.05, 4.69) is 4.18 Å². The molecule has 0 aliphatic rings. The largest absolute Gasteiger partial charge is 0.386 e. The van der Waals surface area contributed by atoms with Crippen LogP contribution in [0.25, 0.3) is 0 Å². The Morgan fingerprint density at radius 2 is 2.11 bits per heavy atom. The van der Waals surface area contributed by atoms with Gasteiger partial charge in [-0.25, -0.2) is 4.79 Å². The number of hydrogen-bond donors (Lipinski definition) is 0. The standard InChI is InChI=1S/C5H8O3S/c1-3-4(6)5(7)8-9-2/h3H2,1-2H3. The van der Waals surface area contributed by atoms with Crippen molar-refractivity contribution in [1.29, 1.82) is 0 Å². The van der Waals surface area contributed by atoms with E-state index in [9.17, 15) is 9.59 Å². The molecule has 9 heavy (non-hydrogen) atoms. The quantitative estimate of drug-likeness (QED) is 0.438. The van der Waals surface area contributed by atoms with E-state index in [1.165, 1.54) is 0 Å². The number of carbonyl (C=O) groups excluding carboxylic acids is 2. The zero-order chi connectivity index (χ0) is 7.28. The summed E-state index contributed by atoms with van der Waals surface area (Å²) in [5.74, 6) is -1.24. The predicted molar refractivity (Wildman–Crippen MR) is 34.9 cm³/mol. The number of rotatable bonds is 3. The zero-order valence-electron chi connectivity index (χ0n) is 5.34. The van der Waals surface area contributed by atoms with Crippen molar-refractivity contribution in [3.8, 4) is 0 Å². The topological polar surface area (TPSA) is 43.4 Å². The molecule has 0 aromatic carbocycles. The van der Waals surface area contributed by atoms with Gasteiger partial charge in [0.25, 0.3) is 0 Å². The molecule has 0 bridgehead atoms. The molecule has 0 aliphatic carbocycles. The highest BCUT2D eigenvalue weighted by molar-refractivity contribution is 7.94. The summed E-state index contributed by atoms with van der Waals surface area (Å²) in [4.78, 5) is 20.8. The van der Waals surface area contributed by atoms with Crippen LogP contribution in [-0.2, 0) is 13.8 Å². The average molecular weight is 148 g/mol. The molecule has 0 radical (unpaired) electrons. The highest BCUT2D eigenvalue weighted by Gasteiger charge is 2.11. The maximum Gasteiger partial charge on any atom is 0.386 e. The number of carbonyl (C=O) groups is 2. The van der Waals surface area contributed by atoms with E-state index in [1.807, 2.05) is 0 Å². The van der Waals surface area contributed by atoms with Gasteiger partial charge in [-0.1, -0.05) is 6.92 Å². The Morgan fingerprint density at radius 3 is 2.44 bits per heavy atom. The van der Waals surface area contributed by atoms with Crippen molar-refractivity contribution >= 4 is 23.8 Å². The first-order valence-corrected chi connectivity index (χ1v) is 3.65. The lowest BCUT2D eigenvalue weighted by Crippen LogP contribution is -2.12. The lowest BCUT2D eigenvalue weighted by Gasteiger charge is -1.93. The van der Waals surface area contributed by atoms with Gasteiger partial charge in [-0.15, -0.1) is 0 Å². The first kappa shape index (κ1) is 8.49. The minimum atomic E-state index is -0.759. The van der Waals surface area contributed by atoms with Crippen molar-refractivity contribution < 1.29 is 13.8 Å². The van der Waals surface area contributed by atoms with Gasteiger partial charge < -0.3 is 4.18 Å². The van der Waals surface area contributed by atoms with Gasteiger partial charge in [0, 0.05) is 12.7 Å². The summed E-state index contributed by atoms with van der Waals surface area (Å²) in [6.07, 6.45) is 1.79. The molecule has 0 rings (SSSR count). The average Bonchev–Trinajstić information content (AvgIpc) is 1.87. The highest BCUT2D eigenvalue weighted by Crippen LogP contribution is 1.96. The maximum absolute atomic E-state index is 10.4. The van der Waals surface area contributed by atoms with E-state index in [0.717, 1.165) is 12.0 Å². The number of hydrogen-bond acceptors (Lipinski definition) is 4. The van der Waals surface area contributed by atoms with Crippen LogP contribution in [0.3, 0.4) is 0 Å². The fourth-order valence-corrected chi connectivity index (χ4v) is 0.511. The van der Waals surface area contributed by atoms with E-state index in [0.29, 0.717) is 0 Å². The van der Waals surface area contributed by atoms with Crippen LogP contribution in [0.1, 0.15) is 13.3 Å². The van der Waals surface area contributed by atoms with E-state index < -0.39 is 11.8 Å². The van der Waals surface area contributed by atoms with Crippen LogP contribution >= 0.6 is 12.0 Å². The number of Topliss-reactive ketones (excluding diaryl/α,β-unsaturated/α-hetero) is 1. The lowest BCUT2D eigenvalue weighted by atomic mass is 10.3. The second-order valence-corrected chi connectivity index (χ2v) is 1.81. The summed E-state index contributed by atoms with van der Waals surface area (Å²) in [6, 6.07) is 0. The van der Waals surface area contributed by atoms with Crippen LogP contribution in [0.5, 0.6) is 0 Å². The van der Waals surface area contributed by atoms with Crippen LogP contribution in [0, 0.1) is 0 Å². The lowest BCUT2D eigenvalue weighted by molar-refractivity contribution is -0.145. The first-order chi connectivity index (χ1) is 4.22. The van der Waals surface area contributed by atoms with Gasteiger partial charge in [-0.2, -0.15) is 0 Å². The maximum atomic E-state index is 10.4. The molecule has 0 N–H and O–H groups in total. The molecule has 0 saturated carbocycles. The SMILES string of the molecule is CCC(=O)C(=O)OSC. The van der Waals surface area contributed by atoms with Gasteiger partial charge in [0.1, 0.15) is 0 Å². The van der Waals surface area contributed by atoms with Gasteiger partial charge in [0.05, 0.1) is 12.0 Å².